The topological polar surface area (TPSA) is 83.5 Å². The molecule has 0 aromatic carbocycles. The second-order valence-corrected chi connectivity index (χ2v) is 7.28. The summed E-state index contributed by atoms with van der Waals surface area (Å²) in [4.78, 5) is 11.4. The van der Waals surface area contributed by atoms with Crippen LogP contribution in [0.25, 0.3) is 0 Å². The zero-order chi connectivity index (χ0) is 12.9. The normalized spacial score (nSPS) is 19.2. The van der Waals surface area contributed by atoms with Crippen LogP contribution in [0.15, 0.2) is 0 Å². The third-order valence-electron chi connectivity index (χ3n) is 3.36. The summed E-state index contributed by atoms with van der Waals surface area (Å²) in [5, 5.41) is 12.1. The van der Waals surface area contributed by atoms with Crippen molar-refractivity contribution in [1.29, 1.82) is 0 Å². The summed E-state index contributed by atoms with van der Waals surface area (Å²) in [6.07, 6.45) is 5.14. The lowest BCUT2D eigenvalue weighted by molar-refractivity contribution is -0.121. The van der Waals surface area contributed by atoms with Gasteiger partial charge in [-0.05, 0) is 12.8 Å². The average Bonchev–Trinajstić information content (AvgIpc) is 2.72. The van der Waals surface area contributed by atoms with E-state index < -0.39 is 9.84 Å². The van der Waals surface area contributed by atoms with Gasteiger partial charge in [0.1, 0.15) is 9.84 Å². The van der Waals surface area contributed by atoms with Crippen molar-refractivity contribution in [2.45, 2.75) is 32.1 Å². The van der Waals surface area contributed by atoms with Gasteiger partial charge in [0.2, 0.25) is 5.91 Å². The SMILES string of the molecule is CS(=O)(=O)CCC(=O)NCC1(CO)CCCC1. The van der Waals surface area contributed by atoms with Crippen LogP contribution >= 0.6 is 0 Å². The highest BCUT2D eigenvalue weighted by molar-refractivity contribution is 7.90. The minimum atomic E-state index is -3.09. The Bertz CT molecular complexity index is 358. The molecule has 17 heavy (non-hydrogen) atoms. The highest BCUT2D eigenvalue weighted by Gasteiger charge is 2.33. The van der Waals surface area contributed by atoms with Crippen LogP contribution in [-0.2, 0) is 14.6 Å². The van der Waals surface area contributed by atoms with E-state index in [1.807, 2.05) is 0 Å². The van der Waals surface area contributed by atoms with E-state index in [1.54, 1.807) is 0 Å². The maximum Gasteiger partial charge on any atom is 0.221 e. The first kappa shape index (κ1) is 14.4. The molecule has 0 bridgehead atoms. The van der Waals surface area contributed by atoms with Crippen LogP contribution in [0.1, 0.15) is 32.1 Å². The number of hydrogen-bond donors (Lipinski definition) is 2. The molecule has 1 aliphatic carbocycles. The number of rotatable bonds is 6. The molecular formula is C11H21NO4S. The molecule has 1 aliphatic rings. The van der Waals surface area contributed by atoms with Crippen LogP contribution < -0.4 is 5.32 Å². The summed E-state index contributed by atoms with van der Waals surface area (Å²) in [5.74, 6) is -0.375. The number of aliphatic hydroxyl groups is 1. The Labute approximate surface area is 103 Å². The maximum absolute atomic E-state index is 11.4. The molecule has 2 N–H and O–H groups in total. The van der Waals surface area contributed by atoms with Crippen molar-refractivity contribution < 1.29 is 18.3 Å². The minimum Gasteiger partial charge on any atom is -0.396 e. The molecule has 1 rings (SSSR count). The van der Waals surface area contributed by atoms with E-state index in [1.165, 1.54) is 0 Å². The third kappa shape index (κ3) is 5.04. The first-order chi connectivity index (χ1) is 7.87. The van der Waals surface area contributed by atoms with Crippen LogP contribution in [-0.4, -0.2) is 44.6 Å². The number of carbonyl (C=O) groups is 1. The summed E-state index contributed by atoms with van der Waals surface area (Å²) in [7, 11) is -3.09. The Kier molecular flexibility index (Phi) is 4.94. The molecule has 0 spiro atoms. The Hall–Kier alpha value is -0.620. The molecule has 0 unspecified atom stereocenters. The molecule has 0 atom stereocenters. The molecule has 0 aliphatic heterocycles. The van der Waals surface area contributed by atoms with Gasteiger partial charge < -0.3 is 10.4 Å². The van der Waals surface area contributed by atoms with E-state index in [9.17, 15) is 18.3 Å². The number of nitrogens with one attached hydrogen (secondary N) is 1. The average molecular weight is 263 g/mol. The molecule has 5 nitrogen and oxygen atoms in total. The van der Waals surface area contributed by atoms with Gasteiger partial charge in [0.15, 0.2) is 0 Å². The Balaban J connectivity index is 2.32. The second kappa shape index (κ2) is 5.82. The predicted octanol–water partition coefficient (Wildman–Crippen LogP) is 0.0900. The molecule has 0 saturated heterocycles. The van der Waals surface area contributed by atoms with Crippen molar-refractivity contribution in [1.82, 2.24) is 5.32 Å². The van der Waals surface area contributed by atoms with Gasteiger partial charge in [-0.3, -0.25) is 4.79 Å². The lowest BCUT2D eigenvalue weighted by Gasteiger charge is -2.26. The lowest BCUT2D eigenvalue weighted by atomic mass is 9.87. The molecule has 0 aromatic heterocycles. The summed E-state index contributed by atoms with van der Waals surface area (Å²) < 4.78 is 21.8. The van der Waals surface area contributed by atoms with Gasteiger partial charge >= 0.3 is 0 Å². The summed E-state index contributed by atoms with van der Waals surface area (Å²) >= 11 is 0. The summed E-state index contributed by atoms with van der Waals surface area (Å²) in [5.41, 5.74) is -0.180. The first-order valence-electron chi connectivity index (χ1n) is 5.92. The monoisotopic (exact) mass is 263 g/mol. The van der Waals surface area contributed by atoms with Crippen LogP contribution in [0.4, 0.5) is 0 Å². The fourth-order valence-corrected chi connectivity index (χ4v) is 2.72. The van der Waals surface area contributed by atoms with Gasteiger partial charge in [-0.25, -0.2) is 8.42 Å². The van der Waals surface area contributed by atoms with Crippen molar-refractivity contribution in [3.8, 4) is 0 Å². The number of aliphatic hydroxyl groups excluding tert-OH is 1. The Morgan fingerprint density at radius 3 is 2.41 bits per heavy atom. The molecule has 0 heterocycles. The predicted molar refractivity (Wildman–Crippen MR) is 65.3 cm³/mol. The van der Waals surface area contributed by atoms with E-state index in [-0.39, 0.29) is 30.1 Å². The fraction of sp³-hybridized carbons (Fsp3) is 0.909. The molecule has 6 heteroatoms. The second-order valence-electron chi connectivity index (χ2n) is 5.02. The van der Waals surface area contributed by atoms with Crippen molar-refractivity contribution in [3.63, 3.8) is 0 Å². The summed E-state index contributed by atoms with van der Waals surface area (Å²) in [6, 6.07) is 0. The van der Waals surface area contributed by atoms with Gasteiger partial charge in [-0.15, -0.1) is 0 Å². The fourth-order valence-electron chi connectivity index (χ4n) is 2.17. The van der Waals surface area contributed by atoms with Crippen molar-refractivity contribution in [3.05, 3.63) is 0 Å². The van der Waals surface area contributed by atoms with Gasteiger partial charge in [-0.2, -0.15) is 0 Å². The van der Waals surface area contributed by atoms with Gasteiger partial charge in [0.25, 0.3) is 0 Å². The van der Waals surface area contributed by atoms with Crippen LogP contribution in [0.2, 0.25) is 0 Å². The Morgan fingerprint density at radius 1 is 1.35 bits per heavy atom. The zero-order valence-corrected chi connectivity index (χ0v) is 11.1. The molecule has 0 aromatic rings. The highest BCUT2D eigenvalue weighted by atomic mass is 32.2. The van der Waals surface area contributed by atoms with Crippen LogP contribution in [0, 0.1) is 5.41 Å². The number of sulfone groups is 1. The largest absolute Gasteiger partial charge is 0.396 e. The van der Waals surface area contributed by atoms with Gasteiger partial charge in [-0.1, -0.05) is 12.8 Å². The smallest absolute Gasteiger partial charge is 0.221 e. The van der Waals surface area contributed by atoms with Crippen LogP contribution in [0.3, 0.4) is 0 Å². The lowest BCUT2D eigenvalue weighted by Crippen LogP contribution is -2.38. The van der Waals surface area contributed by atoms with E-state index in [0.29, 0.717) is 6.54 Å². The molecule has 1 saturated carbocycles. The number of hydrogen-bond acceptors (Lipinski definition) is 4. The van der Waals surface area contributed by atoms with E-state index in [0.717, 1.165) is 31.9 Å². The summed E-state index contributed by atoms with van der Waals surface area (Å²) in [6.45, 7) is 0.533. The van der Waals surface area contributed by atoms with Gasteiger partial charge in [0.05, 0.1) is 12.4 Å². The highest BCUT2D eigenvalue weighted by Crippen LogP contribution is 2.36. The molecule has 0 radical (unpaired) electrons. The molecule has 1 fully saturated rings. The standard InChI is InChI=1S/C11H21NO4S/c1-17(15,16)7-4-10(14)12-8-11(9-13)5-2-3-6-11/h13H,2-9H2,1H3,(H,12,14). The van der Waals surface area contributed by atoms with Crippen LogP contribution in [0.5, 0.6) is 0 Å². The quantitative estimate of drug-likeness (QED) is 0.711. The van der Waals surface area contributed by atoms with Gasteiger partial charge in [0, 0.05) is 24.6 Å². The Morgan fingerprint density at radius 2 is 1.94 bits per heavy atom. The number of carbonyl (C=O) groups excluding carboxylic acids is 1. The van der Waals surface area contributed by atoms with Crippen molar-refractivity contribution in [2.75, 3.05) is 25.2 Å². The van der Waals surface area contributed by atoms with E-state index in [4.69, 9.17) is 0 Å². The van der Waals surface area contributed by atoms with Crippen molar-refractivity contribution in [2.24, 2.45) is 5.41 Å². The molecule has 1 amide bonds. The van der Waals surface area contributed by atoms with E-state index in [2.05, 4.69) is 5.32 Å². The molecular weight excluding hydrogens is 242 g/mol. The van der Waals surface area contributed by atoms with E-state index >= 15 is 0 Å². The maximum atomic E-state index is 11.4. The first-order valence-corrected chi connectivity index (χ1v) is 7.98. The third-order valence-corrected chi connectivity index (χ3v) is 4.31. The van der Waals surface area contributed by atoms with Crippen molar-refractivity contribution >= 4 is 15.7 Å². The number of amides is 1. The zero-order valence-electron chi connectivity index (χ0n) is 10.2. The molecule has 100 valence electrons. The minimum absolute atomic E-state index is 0.000339.